The van der Waals surface area contributed by atoms with Crippen molar-refractivity contribution < 1.29 is 9.47 Å². The molecule has 0 aliphatic carbocycles. The molecule has 0 spiro atoms. The van der Waals surface area contributed by atoms with E-state index in [9.17, 15) is 9.59 Å². The summed E-state index contributed by atoms with van der Waals surface area (Å²) in [7, 11) is 1.62. The van der Waals surface area contributed by atoms with Crippen molar-refractivity contribution in [2.75, 3.05) is 13.2 Å². The Labute approximate surface area is 186 Å². The fourth-order valence-corrected chi connectivity index (χ4v) is 3.44. The minimum atomic E-state index is -0.378. The van der Waals surface area contributed by atoms with Gasteiger partial charge in [-0.1, -0.05) is 37.1 Å². The van der Waals surface area contributed by atoms with Crippen LogP contribution in [0, 0.1) is 0 Å². The summed E-state index contributed by atoms with van der Waals surface area (Å²) in [5.41, 5.74) is 0.836. The monoisotopic (exact) mass is 448 g/mol. The van der Waals surface area contributed by atoms with Crippen molar-refractivity contribution in [1.82, 2.24) is 18.7 Å². The number of unbranched alkanes of at least 4 members (excludes halogenated alkanes) is 1. The van der Waals surface area contributed by atoms with Crippen molar-refractivity contribution in [3.8, 4) is 6.01 Å². The maximum Gasteiger partial charge on any atom is 0.332 e. The van der Waals surface area contributed by atoms with Gasteiger partial charge in [0.1, 0.15) is 6.61 Å². The number of hydrogen-bond acceptors (Lipinski definition) is 5. The summed E-state index contributed by atoms with van der Waals surface area (Å²) in [5, 5.41) is 0.630. The molecule has 31 heavy (non-hydrogen) atoms. The lowest BCUT2D eigenvalue weighted by molar-refractivity contribution is 0.0524. The molecule has 0 bridgehead atoms. The van der Waals surface area contributed by atoms with Gasteiger partial charge in [0, 0.05) is 18.6 Å². The standard InChI is InChI=1S/C22H29ClN4O4/c1-5-6-11-26-20(28)18-19(25(4)22(26)29)24-21(31-13-12-30-15(2)3)27(18)14-16-7-9-17(23)10-8-16/h7-10,15H,5-6,11-14H2,1-4H3. The fourth-order valence-electron chi connectivity index (χ4n) is 3.31. The molecule has 0 saturated heterocycles. The molecule has 0 radical (unpaired) electrons. The minimum Gasteiger partial charge on any atom is -0.462 e. The van der Waals surface area contributed by atoms with E-state index in [4.69, 9.17) is 21.1 Å². The zero-order valence-corrected chi connectivity index (χ0v) is 19.2. The van der Waals surface area contributed by atoms with E-state index in [1.54, 1.807) is 23.7 Å². The number of rotatable bonds is 10. The van der Waals surface area contributed by atoms with Crippen molar-refractivity contribution in [2.24, 2.45) is 7.05 Å². The Morgan fingerprint density at radius 1 is 1.10 bits per heavy atom. The molecule has 1 aromatic carbocycles. The van der Waals surface area contributed by atoms with E-state index in [0.29, 0.717) is 35.9 Å². The molecule has 0 N–H and O–H groups in total. The molecule has 0 aliphatic rings. The molecule has 0 amide bonds. The molecule has 2 aromatic heterocycles. The fraction of sp³-hybridized carbons (Fsp3) is 0.500. The second-order valence-corrected chi connectivity index (χ2v) is 8.14. The summed E-state index contributed by atoms with van der Waals surface area (Å²) in [4.78, 5) is 30.5. The van der Waals surface area contributed by atoms with E-state index in [1.807, 2.05) is 32.9 Å². The summed E-state index contributed by atoms with van der Waals surface area (Å²) in [6.07, 6.45) is 1.70. The van der Waals surface area contributed by atoms with Crippen LogP contribution in [-0.2, 0) is 24.9 Å². The molecule has 9 heteroatoms. The average Bonchev–Trinajstić information content (AvgIpc) is 3.09. The highest BCUT2D eigenvalue weighted by Crippen LogP contribution is 2.21. The summed E-state index contributed by atoms with van der Waals surface area (Å²) in [6.45, 7) is 7.30. The van der Waals surface area contributed by atoms with E-state index in [1.165, 1.54) is 9.13 Å². The topological polar surface area (TPSA) is 80.3 Å². The van der Waals surface area contributed by atoms with Crippen LogP contribution in [0.2, 0.25) is 5.02 Å². The number of ether oxygens (including phenoxy) is 2. The lowest BCUT2D eigenvalue weighted by atomic mass is 10.2. The van der Waals surface area contributed by atoms with Crippen molar-refractivity contribution in [2.45, 2.75) is 52.8 Å². The zero-order chi connectivity index (χ0) is 22.5. The maximum absolute atomic E-state index is 13.3. The number of fused-ring (bicyclic) bond motifs is 1. The molecule has 0 unspecified atom stereocenters. The van der Waals surface area contributed by atoms with Crippen molar-refractivity contribution in [1.29, 1.82) is 0 Å². The molecule has 3 rings (SSSR count). The Morgan fingerprint density at radius 2 is 1.81 bits per heavy atom. The van der Waals surface area contributed by atoms with Crippen molar-refractivity contribution in [3.63, 3.8) is 0 Å². The zero-order valence-electron chi connectivity index (χ0n) is 18.4. The number of imidazole rings is 1. The second-order valence-electron chi connectivity index (χ2n) is 7.70. The van der Waals surface area contributed by atoms with Crippen LogP contribution < -0.4 is 16.0 Å². The average molecular weight is 449 g/mol. The predicted molar refractivity (Wildman–Crippen MR) is 121 cm³/mol. The third-order valence-electron chi connectivity index (χ3n) is 4.95. The van der Waals surface area contributed by atoms with Crippen LogP contribution in [-0.4, -0.2) is 38.0 Å². The highest BCUT2D eigenvalue weighted by Gasteiger charge is 2.21. The molecule has 0 saturated carbocycles. The van der Waals surface area contributed by atoms with E-state index in [-0.39, 0.29) is 30.0 Å². The van der Waals surface area contributed by atoms with Crippen LogP contribution in [0.4, 0.5) is 0 Å². The van der Waals surface area contributed by atoms with Gasteiger partial charge in [0.2, 0.25) is 0 Å². The summed E-state index contributed by atoms with van der Waals surface area (Å²) in [5.74, 6) is 0. The number of hydrogen-bond donors (Lipinski definition) is 0. The molecule has 0 fully saturated rings. The van der Waals surface area contributed by atoms with Gasteiger partial charge in [-0.25, -0.2) is 4.79 Å². The number of aromatic nitrogens is 4. The molecule has 0 aliphatic heterocycles. The van der Waals surface area contributed by atoms with Crippen LogP contribution in [0.15, 0.2) is 33.9 Å². The van der Waals surface area contributed by atoms with E-state index >= 15 is 0 Å². The largest absolute Gasteiger partial charge is 0.462 e. The lowest BCUT2D eigenvalue weighted by Crippen LogP contribution is -2.39. The highest BCUT2D eigenvalue weighted by atomic mass is 35.5. The number of nitrogens with zero attached hydrogens (tertiary/aromatic N) is 4. The quantitative estimate of drug-likeness (QED) is 0.445. The van der Waals surface area contributed by atoms with E-state index in [0.717, 1.165) is 18.4 Å². The molecule has 8 nitrogen and oxygen atoms in total. The van der Waals surface area contributed by atoms with Crippen LogP contribution in [0.25, 0.3) is 11.2 Å². The SMILES string of the molecule is CCCCn1c(=O)c2c(nc(OCCOC(C)C)n2Cc2ccc(Cl)cc2)n(C)c1=O. The number of aryl methyl sites for hydroxylation is 1. The molecular weight excluding hydrogens is 420 g/mol. The lowest BCUT2D eigenvalue weighted by Gasteiger charge is -2.12. The molecule has 168 valence electrons. The van der Waals surface area contributed by atoms with Crippen LogP contribution in [0.5, 0.6) is 6.01 Å². The van der Waals surface area contributed by atoms with Crippen LogP contribution >= 0.6 is 11.6 Å². The number of halogens is 1. The van der Waals surface area contributed by atoms with Crippen LogP contribution in [0.3, 0.4) is 0 Å². The summed E-state index contributed by atoms with van der Waals surface area (Å²) >= 11 is 6.01. The Kier molecular flexibility index (Phi) is 7.56. The van der Waals surface area contributed by atoms with Gasteiger partial charge >= 0.3 is 5.69 Å². The predicted octanol–water partition coefficient (Wildman–Crippen LogP) is 3.20. The maximum atomic E-state index is 13.3. The number of benzene rings is 1. The van der Waals surface area contributed by atoms with Gasteiger partial charge in [0.15, 0.2) is 11.2 Å². The van der Waals surface area contributed by atoms with Crippen LogP contribution in [0.1, 0.15) is 39.2 Å². The van der Waals surface area contributed by atoms with Gasteiger partial charge in [0.05, 0.1) is 19.3 Å². The third kappa shape index (κ3) is 5.19. The molecule has 3 aromatic rings. The van der Waals surface area contributed by atoms with E-state index in [2.05, 4.69) is 4.98 Å². The first-order valence-electron chi connectivity index (χ1n) is 10.5. The Hall–Kier alpha value is -2.58. The first-order chi connectivity index (χ1) is 14.8. The second kappa shape index (κ2) is 10.2. The van der Waals surface area contributed by atoms with Gasteiger partial charge in [-0.05, 0) is 38.0 Å². The molecular formula is C22H29ClN4O4. The highest BCUT2D eigenvalue weighted by molar-refractivity contribution is 6.30. The van der Waals surface area contributed by atoms with E-state index < -0.39 is 0 Å². The Bertz CT molecular complexity index is 1150. The van der Waals surface area contributed by atoms with Gasteiger partial charge < -0.3 is 9.47 Å². The Morgan fingerprint density at radius 3 is 2.45 bits per heavy atom. The van der Waals surface area contributed by atoms with Crippen molar-refractivity contribution >= 4 is 22.8 Å². The van der Waals surface area contributed by atoms with Crippen molar-refractivity contribution in [3.05, 3.63) is 55.7 Å². The van der Waals surface area contributed by atoms with Gasteiger partial charge in [-0.15, -0.1) is 0 Å². The Balaban J connectivity index is 2.10. The normalized spacial score (nSPS) is 11.5. The molecule has 0 atom stereocenters. The third-order valence-corrected chi connectivity index (χ3v) is 5.20. The first kappa shape index (κ1) is 23.1. The smallest absolute Gasteiger partial charge is 0.332 e. The first-order valence-corrected chi connectivity index (χ1v) is 10.9. The minimum absolute atomic E-state index is 0.0862. The van der Waals surface area contributed by atoms with Gasteiger partial charge in [0.25, 0.3) is 11.6 Å². The van der Waals surface area contributed by atoms with Gasteiger partial charge in [-0.3, -0.25) is 18.5 Å². The summed E-state index contributed by atoms with van der Waals surface area (Å²) < 4.78 is 15.8. The summed E-state index contributed by atoms with van der Waals surface area (Å²) in [6, 6.07) is 7.64. The van der Waals surface area contributed by atoms with Gasteiger partial charge in [-0.2, -0.15) is 4.98 Å². The molecule has 2 heterocycles.